The van der Waals surface area contributed by atoms with Crippen molar-refractivity contribution in [2.24, 2.45) is 0 Å². The van der Waals surface area contributed by atoms with Gasteiger partial charge in [0.25, 0.3) is 0 Å². The van der Waals surface area contributed by atoms with Crippen LogP contribution in [0.4, 0.5) is 0 Å². The van der Waals surface area contributed by atoms with E-state index in [-0.39, 0.29) is 37.5 Å². The van der Waals surface area contributed by atoms with E-state index < -0.39 is 6.10 Å². The molecular weight excluding hydrogens is 757 g/mol. The number of esters is 3. The predicted octanol–water partition coefficient (Wildman–Crippen LogP) is 16.6. The summed E-state index contributed by atoms with van der Waals surface area (Å²) in [5.74, 6) is -0.961. The molecule has 0 aliphatic rings. The highest BCUT2D eigenvalue weighted by atomic mass is 16.6. The van der Waals surface area contributed by atoms with Crippen LogP contribution in [0, 0.1) is 0 Å². The van der Waals surface area contributed by atoms with Crippen molar-refractivity contribution in [3.05, 3.63) is 72.9 Å². The Morgan fingerprint density at radius 2 is 0.656 bits per heavy atom. The molecule has 0 saturated carbocycles. The first-order valence-electron chi connectivity index (χ1n) is 25.4. The zero-order chi connectivity index (χ0) is 44.4. The van der Waals surface area contributed by atoms with Crippen molar-refractivity contribution in [2.45, 2.75) is 245 Å². The summed E-state index contributed by atoms with van der Waals surface area (Å²) in [6.07, 6.45) is 61.8. The third-order valence-electron chi connectivity index (χ3n) is 10.7. The molecule has 0 aromatic rings. The van der Waals surface area contributed by atoms with E-state index in [4.69, 9.17) is 14.2 Å². The summed E-state index contributed by atoms with van der Waals surface area (Å²) in [4.78, 5) is 37.8. The summed E-state index contributed by atoms with van der Waals surface area (Å²) in [6.45, 7) is 6.45. The Bertz CT molecular complexity index is 1160. The highest BCUT2D eigenvalue weighted by Gasteiger charge is 2.19. The van der Waals surface area contributed by atoms with E-state index >= 15 is 0 Å². The molecule has 0 saturated heterocycles. The maximum Gasteiger partial charge on any atom is 0.306 e. The number of rotatable bonds is 45. The lowest BCUT2D eigenvalue weighted by Gasteiger charge is -2.18. The van der Waals surface area contributed by atoms with E-state index in [1.54, 1.807) is 0 Å². The predicted molar refractivity (Wildman–Crippen MR) is 261 cm³/mol. The fourth-order valence-corrected chi connectivity index (χ4v) is 6.88. The van der Waals surface area contributed by atoms with Gasteiger partial charge in [-0.25, -0.2) is 0 Å². The van der Waals surface area contributed by atoms with Crippen LogP contribution >= 0.6 is 0 Å². The van der Waals surface area contributed by atoms with Crippen LogP contribution < -0.4 is 0 Å². The minimum atomic E-state index is -0.797. The molecule has 0 unspecified atom stereocenters. The van der Waals surface area contributed by atoms with Crippen LogP contribution in [0.1, 0.15) is 239 Å². The molecule has 0 fully saturated rings. The molecule has 0 bridgehead atoms. The molecule has 0 aliphatic heterocycles. The lowest BCUT2D eigenvalue weighted by atomic mass is 10.1. The summed E-state index contributed by atoms with van der Waals surface area (Å²) < 4.78 is 16.7. The van der Waals surface area contributed by atoms with Crippen LogP contribution in [0.2, 0.25) is 0 Å². The number of carbonyl (C=O) groups is 3. The van der Waals surface area contributed by atoms with Crippen molar-refractivity contribution in [1.82, 2.24) is 0 Å². The highest BCUT2D eigenvalue weighted by Crippen LogP contribution is 2.14. The molecule has 0 aromatic carbocycles. The zero-order valence-corrected chi connectivity index (χ0v) is 39.9. The Kier molecular flexibility index (Phi) is 46.9. The van der Waals surface area contributed by atoms with E-state index in [2.05, 4.69) is 93.7 Å². The topological polar surface area (TPSA) is 78.9 Å². The smallest absolute Gasteiger partial charge is 0.306 e. The summed E-state index contributed by atoms with van der Waals surface area (Å²) in [6, 6.07) is 0. The molecule has 0 rings (SSSR count). The maximum atomic E-state index is 12.8. The fraction of sp³-hybridized carbons (Fsp3) is 0.727. The molecule has 61 heavy (non-hydrogen) atoms. The summed E-state index contributed by atoms with van der Waals surface area (Å²) >= 11 is 0. The Balaban J connectivity index is 4.42. The van der Waals surface area contributed by atoms with Crippen molar-refractivity contribution in [1.29, 1.82) is 0 Å². The Hall–Kier alpha value is -3.15. The van der Waals surface area contributed by atoms with Crippen LogP contribution in [0.3, 0.4) is 0 Å². The molecule has 0 amide bonds. The van der Waals surface area contributed by atoms with Gasteiger partial charge in [-0.3, -0.25) is 14.4 Å². The van der Waals surface area contributed by atoms with Gasteiger partial charge in [0.15, 0.2) is 6.10 Å². The van der Waals surface area contributed by atoms with Crippen LogP contribution in [-0.4, -0.2) is 37.2 Å². The Morgan fingerprint density at radius 3 is 1.08 bits per heavy atom. The van der Waals surface area contributed by atoms with Crippen LogP contribution in [-0.2, 0) is 28.6 Å². The molecule has 0 spiro atoms. The van der Waals surface area contributed by atoms with E-state index in [1.807, 2.05) is 0 Å². The molecule has 0 aliphatic carbocycles. The summed E-state index contributed by atoms with van der Waals surface area (Å²) in [7, 11) is 0. The first kappa shape index (κ1) is 57.9. The maximum absolute atomic E-state index is 12.8. The molecular formula is C55H94O6. The summed E-state index contributed by atoms with van der Waals surface area (Å²) in [5.41, 5.74) is 0. The van der Waals surface area contributed by atoms with Gasteiger partial charge in [-0.2, -0.15) is 0 Å². The first-order valence-corrected chi connectivity index (χ1v) is 25.4. The van der Waals surface area contributed by atoms with Crippen molar-refractivity contribution >= 4 is 17.9 Å². The molecule has 6 nitrogen and oxygen atoms in total. The normalized spacial score (nSPS) is 12.6. The molecule has 6 heteroatoms. The number of ether oxygens (including phenoxy) is 3. The second-order valence-corrected chi connectivity index (χ2v) is 16.7. The van der Waals surface area contributed by atoms with E-state index in [0.29, 0.717) is 19.3 Å². The van der Waals surface area contributed by atoms with E-state index in [0.717, 1.165) is 77.0 Å². The van der Waals surface area contributed by atoms with Gasteiger partial charge < -0.3 is 14.2 Å². The zero-order valence-electron chi connectivity index (χ0n) is 39.9. The third kappa shape index (κ3) is 47.7. The largest absolute Gasteiger partial charge is 0.462 e. The molecule has 0 N–H and O–H groups in total. The Morgan fingerprint density at radius 1 is 0.344 bits per heavy atom. The van der Waals surface area contributed by atoms with Crippen molar-refractivity contribution in [2.75, 3.05) is 13.2 Å². The van der Waals surface area contributed by atoms with Crippen molar-refractivity contribution in [3.8, 4) is 0 Å². The van der Waals surface area contributed by atoms with Crippen molar-refractivity contribution < 1.29 is 28.6 Å². The monoisotopic (exact) mass is 851 g/mol. The number of hydrogen-bond acceptors (Lipinski definition) is 6. The van der Waals surface area contributed by atoms with E-state index in [1.165, 1.54) is 116 Å². The van der Waals surface area contributed by atoms with Gasteiger partial charge in [0, 0.05) is 19.3 Å². The molecule has 0 aromatic heterocycles. The SMILES string of the molecule is CC/C=C\C/C=C\C/C=C\C/C=C\C/C=C\CCCC(=O)OC[C@@H](COC(=O)CCCCCCCCCCC)OC(=O)CCCCCCCCC/C=C\CCCCCCCC. The minimum Gasteiger partial charge on any atom is -0.462 e. The highest BCUT2D eigenvalue weighted by molar-refractivity contribution is 5.71. The number of carbonyl (C=O) groups excluding carboxylic acids is 3. The van der Waals surface area contributed by atoms with Gasteiger partial charge in [0.1, 0.15) is 13.2 Å². The fourth-order valence-electron chi connectivity index (χ4n) is 6.88. The number of allylic oxidation sites excluding steroid dienone is 12. The second kappa shape index (κ2) is 49.5. The number of hydrogen-bond donors (Lipinski definition) is 0. The lowest BCUT2D eigenvalue weighted by Crippen LogP contribution is -2.30. The average molecular weight is 851 g/mol. The minimum absolute atomic E-state index is 0.0937. The van der Waals surface area contributed by atoms with Gasteiger partial charge in [0.05, 0.1) is 0 Å². The standard InChI is InChI=1S/C55H94O6/c1-4-7-10-13-16-19-21-23-25-27-29-31-33-36-39-42-45-48-54(57)60-51-52(50-59-53(56)47-44-41-38-35-18-15-12-9-6-3)61-55(58)49-46-43-40-37-34-32-30-28-26-24-22-20-17-14-11-8-5-2/h7,10,16,19,23-26,29,31,36,39,52H,4-6,8-9,11-15,17-18,20-22,27-28,30,32-35,37-38,40-51H2,1-3H3/b10-7-,19-16-,25-23-,26-24-,31-29-,39-36-/t52-/m1/s1. The average Bonchev–Trinajstić information content (AvgIpc) is 3.26. The van der Waals surface area contributed by atoms with E-state index in [9.17, 15) is 14.4 Å². The van der Waals surface area contributed by atoms with Gasteiger partial charge in [0.2, 0.25) is 0 Å². The van der Waals surface area contributed by atoms with Crippen LogP contribution in [0.5, 0.6) is 0 Å². The number of unbranched alkanes of at least 4 members (excludes halogenated alkanes) is 22. The van der Waals surface area contributed by atoms with Crippen LogP contribution in [0.15, 0.2) is 72.9 Å². The second-order valence-electron chi connectivity index (χ2n) is 16.7. The Labute approximate surface area is 376 Å². The third-order valence-corrected chi connectivity index (χ3v) is 10.7. The molecule has 350 valence electrons. The summed E-state index contributed by atoms with van der Waals surface area (Å²) in [5, 5.41) is 0. The first-order chi connectivity index (χ1) is 30.0. The molecule has 1 atom stereocenters. The molecule has 0 heterocycles. The van der Waals surface area contributed by atoms with Gasteiger partial charge in [-0.15, -0.1) is 0 Å². The lowest BCUT2D eigenvalue weighted by molar-refractivity contribution is -0.167. The molecule has 0 radical (unpaired) electrons. The van der Waals surface area contributed by atoms with Gasteiger partial charge in [-0.05, 0) is 83.5 Å². The van der Waals surface area contributed by atoms with Gasteiger partial charge >= 0.3 is 17.9 Å². The quantitative estimate of drug-likeness (QED) is 0.0263. The van der Waals surface area contributed by atoms with Gasteiger partial charge in [-0.1, -0.05) is 209 Å². The van der Waals surface area contributed by atoms with Crippen LogP contribution in [0.25, 0.3) is 0 Å². The van der Waals surface area contributed by atoms with Crippen molar-refractivity contribution in [3.63, 3.8) is 0 Å².